The number of carbonyl (C=O) groups is 2. The van der Waals surface area contributed by atoms with Crippen molar-refractivity contribution in [2.45, 2.75) is 32.4 Å². The number of fused-ring (bicyclic) bond motifs is 1. The van der Waals surface area contributed by atoms with Crippen molar-refractivity contribution in [1.29, 1.82) is 0 Å². The number of hydrogen-bond acceptors (Lipinski definition) is 3. The van der Waals surface area contributed by atoms with Gasteiger partial charge in [0.1, 0.15) is 5.69 Å². The molecule has 3 heterocycles. The van der Waals surface area contributed by atoms with Crippen molar-refractivity contribution in [2.75, 3.05) is 13.1 Å². The first-order valence-electron chi connectivity index (χ1n) is 12.3. The molecule has 5 rings (SSSR count). The number of benzene rings is 2. The van der Waals surface area contributed by atoms with E-state index in [2.05, 4.69) is 14.9 Å². The van der Waals surface area contributed by atoms with Gasteiger partial charge in [0.25, 0.3) is 5.91 Å². The van der Waals surface area contributed by atoms with Crippen LogP contribution in [0.15, 0.2) is 79.1 Å². The standard InChI is InChI=1S/C29H29ClN4O2/c1-20(22-10-14-31-15-11-22)32-28(35)23-12-16-33(17-13-23)29(36)27-18-24-4-2-3-5-26(24)34(27)19-21-6-8-25(30)9-7-21/h2-11,14-15,18,20,23H,12-13,16-17,19H2,1H3,(H,32,35)/t20-/m1/s1. The number of pyridine rings is 1. The largest absolute Gasteiger partial charge is 0.349 e. The summed E-state index contributed by atoms with van der Waals surface area (Å²) in [6.07, 6.45) is 4.76. The normalized spacial score (nSPS) is 15.1. The molecule has 2 amide bonds. The predicted octanol–water partition coefficient (Wildman–Crippen LogP) is 5.47. The number of hydrogen-bond donors (Lipinski definition) is 1. The van der Waals surface area contributed by atoms with Gasteiger partial charge in [-0.15, -0.1) is 0 Å². The van der Waals surface area contributed by atoms with Gasteiger partial charge >= 0.3 is 0 Å². The molecule has 0 aliphatic carbocycles. The molecular formula is C29H29ClN4O2. The number of nitrogens with zero attached hydrogens (tertiary/aromatic N) is 3. The molecule has 0 spiro atoms. The molecule has 1 fully saturated rings. The summed E-state index contributed by atoms with van der Waals surface area (Å²) < 4.78 is 2.08. The molecule has 4 aromatic rings. The molecule has 1 atom stereocenters. The maximum atomic E-state index is 13.7. The van der Waals surface area contributed by atoms with Crippen molar-refractivity contribution in [3.05, 3.63) is 101 Å². The SMILES string of the molecule is C[C@@H](NC(=O)C1CCN(C(=O)c2cc3ccccc3n2Cc2ccc(Cl)cc2)CC1)c1ccncc1. The van der Waals surface area contributed by atoms with Crippen LogP contribution in [0.4, 0.5) is 0 Å². The highest BCUT2D eigenvalue weighted by atomic mass is 35.5. The second-order valence-electron chi connectivity index (χ2n) is 9.38. The third-order valence-corrected chi connectivity index (χ3v) is 7.25. The van der Waals surface area contributed by atoms with E-state index in [1.54, 1.807) is 12.4 Å². The van der Waals surface area contributed by atoms with Gasteiger partial charge in [-0.2, -0.15) is 0 Å². The van der Waals surface area contributed by atoms with Crippen LogP contribution < -0.4 is 5.32 Å². The molecule has 0 radical (unpaired) electrons. The third kappa shape index (κ3) is 5.14. The number of amides is 2. The maximum absolute atomic E-state index is 13.7. The van der Waals surface area contributed by atoms with Gasteiger partial charge in [0.05, 0.1) is 6.04 Å². The fourth-order valence-corrected chi connectivity index (χ4v) is 5.03. The molecule has 2 aromatic heterocycles. The smallest absolute Gasteiger partial charge is 0.270 e. The molecule has 0 unspecified atom stereocenters. The number of rotatable bonds is 6. The fraction of sp³-hybridized carbons (Fsp3) is 0.276. The molecule has 7 heteroatoms. The lowest BCUT2D eigenvalue weighted by molar-refractivity contribution is -0.127. The van der Waals surface area contributed by atoms with E-state index < -0.39 is 0 Å². The van der Waals surface area contributed by atoms with E-state index in [1.165, 1.54) is 0 Å². The number of halogens is 1. The van der Waals surface area contributed by atoms with E-state index >= 15 is 0 Å². The highest BCUT2D eigenvalue weighted by molar-refractivity contribution is 6.30. The van der Waals surface area contributed by atoms with E-state index in [0.29, 0.717) is 43.2 Å². The van der Waals surface area contributed by atoms with Crippen LogP contribution in [0, 0.1) is 5.92 Å². The quantitative estimate of drug-likeness (QED) is 0.382. The Balaban J connectivity index is 1.28. The first-order valence-corrected chi connectivity index (χ1v) is 12.7. The Kier molecular flexibility index (Phi) is 7.05. The van der Waals surface area contributed by atoms with Gasteiger partial charge in [0.2, 0.25) is 5.91 Å². The summed E-state index contributed by atoms with van der Waals surface area (Å²) in [7, 11) is 0. The molecule has 1 saturated heterocycles. The molecule has 1 N–H and O–H groups in total. The van der Waals surface area contributed by atoms with Gasteiger partial charge in [-0.3, -0.25) is 14.6 Å². The molecule has 1 aliphatic rings. The number of likely N-dealkylation sites (tertiary alicyclic amines) is 1. The van der Waals surface area contributed by atoms with Crippen molar-refractivity contribution in [3.8, 4) is 0 Å². The molecule has 2 aromatic carbocycles. The van der Waals surface area contributed by atoms with Crippen molar-refractivity contribution in [2.24, 2.45) is 5.92 Å². The van der Waals surface area contributed by atoms with Crippen molar-refractivity contribution in [3.63, 3.8) is 0 Å². The minimum absolute atomic E-state index is 0.00387. The van der Waals surface area contributed by atoms with Crippen LogP contribution in [-0.2, 0) is 11.3 Å². The number of para-hydroxylation sites is 1. The summed E-state index contributed by atoms with van der Waals surface area (Å²) in [5, 5.41) is 4.84. The summed E-state index contributed by atoms with van der Waals surface area (Å²) >= 11 is 6.07. The maximum Gasteiger partial charge on any atom is 0.270 e. The minimum Gasteiger partial charge on any atom is -0.349 e. The summed E-state index contributed by atoms with van der Waals surface area (Å²) in [6.45, 7) is 3.68. The Labute approximate surface area is 215 Å². The van der Waals surface area contributed by atoms with Crippen molar-refractivity contribution >= 4 is 34.3 Å². The molecule has 6 nitrogen and oxygen atoms in total. The van der Waals surface area contributed by atoms with Crippen molar-refractivity contribution < 1.29 is 9.59 Å². The highest BCUT2D eigenvalue weighted by Gasteiger charge is 2.30. The molecular weight excluding hydrogens is 472 g/mol. The Morgan fingerprint density at radius 2 is 1.72 bits per heavy atom. The monoisotopic (exact) mass is 500 g/mol. The molecule has 36 heavy (non-hydrogen) atoms. The van der Waals surface area contributed by atoms with Gasteiger partial charge in [-0.05, 0) is 67.3 Å². The van der Waals surface area contributed by atoms with Crippen molar-refractivity contribution in [1.82, 2.24) is 19.8 Å². The first kappa shape index (κ1) is 24.1. The van der Waals surface area contributed by atoms with Crippen LogP contribution >= 0.6 is 11.6 Å². The zero-order valence-corrected chi connectivity index (χ0v) is 21.0. The first-order chi connectivity index (χ1) is 17.5. The van der Waals surface area contributed by atoms with Gasteiger partial charge in [-0.1, -0.05) is 41.9 Å². The lowest BCUT2D eigenvalue weighted by Crippen LogP contribution is -2.43. The van der Waals surface area contributed by atoms with Gasteiger partial charge < -0.3 is 14.8 Å². The van der Waals surface area contributed by atoms with E-state index in [4.69, 9.17) is 11.6 Å². The molecule has 0 saturated carbocycles. The second-order valence-corrected chi connectivity index (χ2v) is 9.81. The summed E-state index contributed by atoms with van der Waals surface area (Å²) in [5.41, 5.74) is 3.79. The summed E-state index contributed by atoms with van der Waals surface area (Å²) in [6, 6.07) is 21.5. The Hall–Kier alpha value is -3.64. The molecule has 1 aliphatic heterocycles. The lowest BCUT2D eigenvalue weighted by atomic mass is 9.95. The fourth-order valence-electron chi connectivity index (χ4n) is 4.90. The number of piperidine rings is 1. The van der Waals surface area contributed by atoms with E-state index in [0.717, 1.165) is 22.0 Å². The van der Waals surface area contributed by atoms with E-state index in [9.17, 15) is 9.59 Å². The second kappa shape index (κ2) is 10.5. The Morgan fingerprint density at radius 3 is 2.44 bits per heavy atom. The van der Waals surface area contributed by atoms with Gasteiger partial charge in [0, 0.05) is 53.9 Å². The Bertz CT molecular complexity index is 1360. The average Bonchev–Trinajstić information content (AvgIpc) is 3.28. The van der Waals surface area contributed by atoms with E-state index in [-0.39, 0.29) is 23.8 Å². The predicted molar refractivity (Wildman–Crippen MR) is 142 cm³/mol. The highest BCUT2D eigenvalue weighted by Crippen LogP contribution is 2.26. The Morgan fingerprint density at radius 1 is 1.03 bits per heavy atom. The summed E-state index contributed by atoms with van der Waals surface area (Å²) in [4.78, 5) is 32.4. The van der Waals surface area contributed by atoms with E-state index in [1.807, 2.05) is 78.6 Å². The van der Waals surface area contributed by atoms with Crippen LogP contribution in [-0.4, -0.2) is 39.4 Å². The van der Waals surface area contributed by atoms with Crippen LogP contribution in [0.3, 0.4) is 0 Å². The average molecular weight is 501 g/mol. The number of carbonyl (C=O) groups excluding carboxylic acids is 2. The van der Waals surface area contributed by atoms with Crippen LogP contribution in [0.5, 0.6) is 0 Å². The number of aromatic nitrogens is 2. The van der Waals surface area contributed by atoms with Gasteiger partial charge in [0.15, 0.2) is 0 Å². The lowest BCUT2D eigenvalue weighted by Gasteiger charge is -2.32. The molecule has 0 bridgehead atoms. The number of nitrogens with one attached hydrogen (secondary N) is 1. The van der Waals surface area contributed by atoms with Gasteiger partial charge in [-0.25, -0.2) is 0 Å². The topological polar surface area (TPSA) is 67.2 Å². The minimum atomic E-state index is -0.0988. The zero-order chi connectivity index (χ0) is 25.1. The zero-order valence-electron chi connectivity index (χ0n) is 20.2. The summed E-state index contributed by atoms with van der Waals surface area (Å²) in [5.74, 6) is -0.0503. The molecule has 184 valence electrons. The van der Waals surface area contributed by atoms with Crippen LogP contribution in [0.25, 0.3) is 10.9 Å². The van der Waals surface area contributed by atoms with Crippen LogP contribution in [0.2, 0.25) is 5.02 Å². The third-order valence-electron chi connectivity index (χ3n) is 7.00. The van der Waals surface area contributed by atoms with Crippen LogP contribution in [0.1, 0.15) is 47.4 Å².